The van der Waals surface area contributed by atoms with Crippen LogP contribution in [0.3, 0.4) is 0 Å². The van der Waals surface area contributed by atoms with Gasteiger partial charge in [-0.2, -0.15) is 0 Å². The minimum Gasteiger partial charge on any atom is -0.462 e. The second-order valence-electron chi connectivity index (χ2n) is 6.07. The van der Waals surface area contributed by atoms with Crippen LogP contribution in [-0.2, 0) is 9.47 Å². The molecule has 0 atom stereocenters. The summed E-state index contributed by atoms with van der Waals surface area (Å²) < 4.78 is 11.3. The number of nitrogens with zero attached hydrogens (tertiary/aromatic N) is 1. The topological polar surface area (TPSA) is 86.6 Å². The van der Waals surface area contributed by atoms with E-state index in [0.717, 1.165) is 11.1 Å². The Balaban J connectivity index is 2.42. The van der Waals surface area contributed by atoms with Crippen molar-refractivity contribution in [1.82, 2.24) is 4.68 Å². The van der Waals surface area contributed by atoms with Gasteiger partial charge < -0.3 is 9.47 Å². The predicted molar refractivity (Wildman–Crippen MR) is 101 cm³/mol. The van der Waals surface area contributed by atoms with E-state index in [1.54, 1.807) is 32.9 Å². The van der Waals surface area contributed by atoms with E-state index in [1.165, 1.54) is 10.9 Å². The predicted octanol–water partition coefficient (Wildman–Crippen LogP) is 3.15. The Morgan fingerprint density at radius 1 is 0.963 bits per heavy atom. The number of carbonyl (C=O) groups excluding carboxylic acids is 3. The van der Waals surface area contributed by atoms with E-state index in [2.05, 4.69) is 5.43 Å². The fourth-order valence-electron chi connectivity index (χ4n) is 2.61. The lowest BCUT2D eigenvalue weighted by Gasteiger charge is -2.12. The minimum absolute atomic E-state index is 0.0806. The molecule has 27 heavy (non-hydrogen) atoms. The average molecular weight is 372 g/mol. The second-order valence-corrected chi connectivity index (χ2v) is 6.07. The summed E-state index contributed by atoms with van der Waals surface area (Å²) in [7, 11) is 0. The lowest BCUT2D eigenvalue weighted by molar-refractivity contribution is 0.0513. The molecule has 0 saturated carbocycles. The van der Waals surface area contributed by atoms with Crippen molar-refractivity contribution in [3.8, 4) is 0 Å². The second kappa shape index (κ2) is 8.53. The highest BCUT2D eigenvalue weighted by molar-refractivity contribution is 6.02. The first-order chi connectivity index (χ1) is 12.8. The molecule has 7 heteroatoms. The molecule has 1 N–H and O–H groups in total. The number of benzene rings is 1. The van der Waals surface area contributed by atoms with Crippen LogP contribution >= 0.6 is 0 Å². The van der Waals surface area contributed by atoms with Crippen LogP contribution < -0.4 is 5.43 Å². The van der Waals surface area contributed by atoms with Gasteiger partial charge in [0, 0.05) is 11.8 Å². The zero-order valence-corrected chi connectivity index (χ0v) is 16.2. The Morgan fingerprint density at radius 3 is 2.19 bits per heavy atom. The SMILES string of the molecule is CCOC(=O)c1cn(NC(=O)c2ccc(C)c(C)c2)c(C(=O)OCC)c1C. The molecular weight excluding hydrogens is 348 g/mol. The van der Waals surface area contributed by atoms with Crippen LogP contribution in [0.2, 0.25) is 0 Å². The van der Waals surface area contributed by atoms with Crippen LogP contribution in [-0.4, -0.2) is 35.7 Å². The van der Waals surface area contributed by atoms with Crippen molar-refractivity contribution in [2.24, 2.45) is 0 Å². The van der Waals surface area contributed by atoms with E-state index in [9.17, 15) is 14.4 Å². The molecule has 144 valence electrons. The molecule has 2 rings (SSSR count). The molecule has 0 radical (unpaired) electrons. The molecule has 0 fully saturated rings. The Bertz CT molecular complexity index is 883. The number of amides is 1. The molecule has 7 nitrogen and oxygen atoms in total. The highest BCUT2D eigenvalue weighted by Crippen LogP contribution is 2.19. The number of aromatic nitrogens is 1. The van der Waals surface area contributed by atoms with Gasteiger partial charge in [0.1, 0.15) is 0 Å². The molecule has 0 bridgehead atoms. The van der Waals surface area contributed by atoms with Crippen molar-refractivity contribution in [2.45, 2.75) is 34.6 Å². The zero-order chi connectivity index (χ0) is 20.1. The number of nitrogens with one attached hydrogen (secondary N) is 1. The van der Waals surface area contributed by atoms with E-state index < -0.39 is 17.8 Å². The number of hydrogen-bond acceptors (Lipinski definition) is 5. The lowest BCUT2D eigenvalue weighted by Crippen LogP contribution is -2.26. The maximum Gasteiger partial charge on any atom is 0.357 e. The van der Waals surface area contributed by atoms with Crippen LogP contribution in [0, 0.1) is 20.8 Å². The van der Waals surface area contributed by atoms with Gasteiger partial charge in [-0.3, -0.25) is 14.9 Å². The van der Waals surface area contributed by atoms with Crippen LogP contribution in [0.25, 0.3) is 0 Å². The Morgan fingerprint density at radius 2 is 1.59 bits per heavy atom. The quantitative estimate of drug-likeness (QED) is 0.787. The third kappa shape index (κ3) is 4.36. The van der Waals surface area contributed by atoms with Crippen molar-refractivity contribution in [3.63, 3.8) is 0 Å². The van der Waals surface area contributed by atoms with Gasteiger partial charge in [0.25, 0.3) is 5.91 Å². The molecule has 0 aliphatic carbocycles. The van der Waals surface area contributed by atoms with Crippen molar-refractivity contribution < 1.29 is 23.9 Å². The fraction of sp³-hybridized carbons (Fsp3) is 0.350. The van der Waals surface area contributed by atoms with Gasteiger partial charge in [0.15, 0.2) is 5.69 Å². The first-order valence-corrected chi connectivity index (χ1v) is 8.74. The van der Waals surface area contributed by atoms with Gasteiger partial charge in [0.05, 0.1) is 18.8 Å². The zero-order valence-electron chi connectivity index (χ0n) is 16.2. The number of aryl methyl sites for hydroxylation is 2. The van der Waals surface area contributed by atoms with Gasteiger partial charge in [-0.15, -0.1) is 0 Å². The maximum absolute atomic E-state index is 12.6. The van der Waals surface area contributed by atoms with E-state index in [1.807, 2.05) is 19.9 Å². The smallest absolute Gasteiger partial charge is 0.357 e. The first kappa shape index (κ1) is 20.2. The molecule has 1 aromatic carbocycles. The standard InChI is InChI=1S/C20H24N2O5/c1-6-26-19(24)16-11-22(17(14(16)5)20(25)27-7-2)21-18(23)15-9-8-12(3)13(4)10-15/h8-11H,6-7H2,1-5H3,(H,21,23). The highest BCUT2D eigenvalue weighted by Gasteiger charge is 2.25. The lowest BCUT2D eigenvalue weighted by atomic mass is 10.1. The van der Waals surface area contributed by atoms with E-state index in [-0.39, 0.29) is 24.5 Å². The van der Waals surface area contributed by atoms with E-state index in [0.29, 0.717) is 11.1 Å². The van der Waals surface area contributed by atoms with E-state index in [4.69, 9.17) is 9.47 Å². The van der Waals surface area contributed by atoms with E-state index >= 15 is 0 Å². The fourth-order valence-corrected chi connectivity index (χ4v) is 2.61. The Labute approximate surface area is 158 Å². The van der Waals surface area contributed by atoms with Crippen LogP contribution in [0.5, 0.6) is 0 Å². The normalized spacial score (nSPS) is 10.4. The molecule has 1 heterocycles. The molecule has 1 amide bonds. The van der Waals surface area contributed by atoms with Gasteiger partial charge in [-0.1, -0.05) is 6.07 Å². The summed E-state index contributed by atoms with van der Waals surface area (Å²) in [6, 6.07) is 5.31. The molecule has 2 aromatic rings. The van der Waals surface area contributed by atoms with Crippen LogP contribution in [0.4, 0.5) is 0 Å². The molecule has 0 spiro atoms. The number of hydrogen-bond donors (Lipinski definition) is 1. The molecule has 0 aliphatic rings. The van der Waals surface area contributed by atoms with Crippen molar-refractivity contribution >= 4 is 17.8 Å². The number of carbonyl (C=O) groups is 3. The molecule has 0 saturated heterocycles. The summed E-state index contributed by atoms with van der Waals surface area (Å²) >= 11 is 0. The van der Waals surface area contributed by atoms with Crippen molar-refractivity contribution in [1.29, 1.82) is 0 Å². The summed E-state index contributed by atoms with van der Waals surface area (Å²) in [5.41, 5.74) is 5.78. The summed E-state index contributed by atoms with van der Waals surface area (Å²) in [5.74, 6) is -1.61. The molecule has 0 aliphatic heterocycles. The monoisotopic (exact) mass is 372 g/mol. The number of esters is 2. The molecule has 0 unspecified atom stereocenters. The van der Waals surface area contributed by atoms with Crippen molar-refractivity contribution in [2.75, 3.05) is 18.6 Å². The number of rotatable bonds is 6. The van der Waals surface area contributed by atoms with Crippen LogP contribution in [0.1, 0.15) is 61.7 Å². The van der Waals surface area contributed by atoms with Gasteiger partial charge in [-0.25, -0.2) is 9.59 Å². The Kier molecular flexibility index (Phi) is 6.39. The third-order valence-electron chi connectivity index (χ3n) is 4.21. The Hall–Kier alpha value is -3.09. The molecule has 1 aromatic heterocycles. The largest absolute Gasteiger partial charge is 0.462 e. The number of ether oxygens (including phenoxy) is 2. The summed E-state index contributed by atoms with van der Waals surface area (Å²) in [4.78, 5) is 37.1. The first-order valence-electron chi connectivity index (χ1n) is 8.74. The average Bonchev–Trinajstić information content (AvgIpc) is 2.94. The summed E-state index contributed by atoms with van der Waals surface area (Å²) in [5, 5.41) is 0. The maximum atomic E-state index is 12.6. The minimum atomic E-state index is -0.633. The highest BCUT2D eigenvalue weighted by atomic mass is 16.5. The summed E-state index contributed by atoms with van der Waals surface area (Å²) in [6.07, 6.45) is 1.37. The summed E-state index contributed by atoms with van der Waals surface area (Å²) in [6.45, 7) is 9.22. The van der Waals surface area contributed by atoms with Crippen molar-refractivity contribution in [3.05, 3.63) is 57.9 Å². The van der Waals surface area contributed by atoms with Gasteiger partial charge in [0.2, 0.25) is 0 Å². The van der Waals surface area contributed by atoms with Gasteiger partial charge >= 0.3 is 11.9 Å². The molecular formula is C20H24N2O5. The van der Waals surface area contributed by atoms with Crippen LogP contribution in [0.15, 0.2) is 24.4 Å². The van der Waals surface area contributed by atoms with Gasteiger partial charge in [-0.05, 0) is 63.4 Å². The third-order valence-corrected chi connectivity index (χ3v) is 4.21.